The van der Waals surface area contributed by atoms with Crippen LogP contribution >= 0.6 is 0 Å². The van der Waals surface area contributed by atoms with Crippen molar-refractivity contribution in [3.8, 4) is 0 Å². The van der Waals surface area contributed by atoms with Crippen LogP contribution in [0.5, 0.6) is 0 Å². The molecule has 2 N–H and O–H groups in total. The van der Waals surface area contributed by atoms with Crippen LogP contribution < -0.4 is 10.6 Å². The van der Waals surface area contributed by atoms with E-state index in [9.17, 15) is 0 Å². The van der Waals surface area contributed by atoms with Crippen molar-refractivity contribution in [1.29, 1.82) is 0 Å². The molecule has 0 atom stereocenters. The summed E-state index contributed by atoms with van der Waals surface area (Å²) >= 11 is 0. The SMILES string of the molecule is C=C1NCNC/C=C\N=C1/C(/C=C\C)=C/C=C\C. The van der Waals surface area contributed by atoms with Crippen molar-refractivity contribution in [2.45, 2.75) is 13.8 Å². The summed E-state index contributed by atoms with van der Waals surface area (Å²) in [7, 11) is 0. The first-order chi connectivity index (χ1) is 8.79. The zero-order valence-corrected chi connectivity index (χ0v) is 11.1. The summed E-state index contributed by atoms with van der Waals surface area (Å²) < 4.78 is 0. The highest BCUT2D eigenvalue weighted by atomic mass is 15.1. The molecule has 0 radical (unpaired) electrons. The number of hydrogen-bond acceptors (Lipinski definition) is 3. The minimum absolute atomic E-state index is 0.689. The molecular weight excluding hydrogens is 222 g/mol. The Hall–Kier alpha value is -1.87. The molecule has 0 aliphatic carbocycles. The number of aliphatic imine (C=N–C) groups is 1. The molecule has 1 rings (SSSR count). The summed E-state index contributed by atoms with van der Waals surface area (Å²) in [5.41, 5.74) is 2.73. The molecule has 0 bridgehead atoms. The Morgan fingerprint density at radius 3 is 2.94 bits per heavy atom. The molecule has 0 amide bonds. The van der Waals surface area contributed by atoms with Crippen molar-refractivity contribution >= 4 is 5.71 Å². The molecule has 96 valence electrons. The molecule has 1 heterocycles. The molecular formula is C15H21N3. The Kier molecular flexibility index (Phi) is 6.51. The lowest BCUT2D eigenvalue weighted by atomic mass is 10.1. The van der Waals surface area contributed by atoms with Gasteiger partial charge in [-0.25, -0.2) is 0 Å². The Morgan fingerprint density at radius 2 is 2.22 bits per heavy atom. The molecule has 0 aromatic rings. The molecule has 0 fully saturated rings. The Bertz CT molecular complexity index is 423. The lowest BCUT2D eigenvalue weighted by Crippen LogP contribution is -2.30. The van der Waals surface area contributed by atoms with Gasteiger partial charge in [0, 0.05) is 18.3 Å². The van der Waals surface area contributed by atoms with E-state index in [2.05, 4.69) is 22.2 Å². The first-order valence-corrected chi connectivity index (χ1v) is 6.12. The van der Waals surface area contributed by atoms with E-state index in [0.29, 0.717) is 6.67 Å². The molecule has 1 aliphatic rings. The van der Waals surface area contributed by atoms with E-state index in [4.69, 9.17) is 0 Å². The van der Waals surface area contributed by atoms with Gasteiger partial charge in [-0.05, 0) is 13.8 Å². The molecule has 3 nitrogen and oxygen atoms in total. The predicted molar refractivity (Wildman–Crippen MR) is 79.4 cm³/mol. The number of hydrogen-bond donors (Lipinski definition) is 2. The second-order valence-electron chi connectivity index (χ2n) is 3.80. The molecule has 1 aliphatic heterocycles. The van der Waals surface area contributed by atoms with E-state index < -0.39 is 0 Å². The number of nitrogens with one attached hydrogen (secondary N) is 2. The average Bonchev–Trinajstić information content (AvgIpc) is 2.47. The lowest BCUT2D eigenvalue weighted by Gasteiger charge is -2.12. The summed E-state index contributed by atoms with van der Waals surface area (Å²) in [6, 6.07) is 0. The van der Waals surface area contributed by atoms with Crippen molar-refractivity contribution in [3.63, 3.8) is 0 Å². The highest BCUT2D eigenvalue weighted by molar-refractivity contribution is 6.13. The van der Waals surface area contributed by atoms with Crippen LogP contribution in [0, 0.1) is 0 Å². The van der Waals surface area contributed by atoms with Gasteiger partial charge in [0.05, 0.1) is 18.1 Å². The highest BCUT2D eigenvalue weighted by Crippen LogP contribution is 2.09. The van der Waals surface area contributed by atoms with Crippen molar-refractivity contribution in [2.75, 3.05) is 13.2 Å². The molecule has 0 spiro atoms. The molecule has 0 saturated carbocycles. The summed E-state index contributed by atoms with van der Waals surface area (Å²) in [6.45, 7) is 9.51. The van der Waals surface area contributed by atoms with Gasteiger partial charge in [-0.1, -0.05) is 43.0 Å². The predicted octanol–water partition coefficient (Wildman–Crippen LogP) is 2.68. The van der Waals surface area contributed by atoms with Crippen LogP contribution in [0.25, 0.3) is 0 Å². The fourth-order valence-electron chi connectivity index (χ4n) is 1.51. The molecule has 0 aromatic heterocycles. The van der Waals surface area contributed by atoms with Crippen LogP contribution in [0.4, 0.5) is 0 Å². The van der Waals surface area contributed by atoms with E-state index >= 15 is 0 Å². The van der Waals surface area contributed by atoms with E-state index in [-0.39, 0.29) is 0 Å². The first kappa shape index (κ1) is 14.2. The van der Waals surface area contributed by atoms with Crippen LogP contribution in [0.3, 0.4) is 0 Å². The van der Waals surface area contributed by atoms with Gasteiger partial charge in [-0.15, -0.1) is 0 Å². The van der Waals surface area contributed by atoms with E-state index in [1.165, 1.54) is 0 Å². The van der Waals surface area contributed by atoms with Crippen molar-refractivity contribution < 1.29 is 0 Å². The van der Waals surface area contributed by atoms with Crippen LogP contribution in [0.1, 0.15) is 13.8 Å². The minimum atomic E-state index is 0.689. The normalized spacial score (nSPS) is 23.1. The lowest BCUT2D eigenvalue weighted by molar-refractivity contribution is 0.691. The van der Waals surface area contributed by atoms with Crippen LogP contribution in [0.15, 0.2) is 65.5 Å². The van der Waals surface area contributed by atoms with Gasteiger partial charge in [0.25, 0.3) is 0 Å². The van der Waals surface area contributed by atoms with Gasteiger partial charge < -0.3 is 5.32 Å². The molecule has 18 heavy (non-hydrogen) atoms. The monoisotopic (exact) mass is 243 g/mol. The van der Waals surface area contributed by atoms with Gasteiger partial charge in [0.1, 0.15) is 0 Å². The van der Waals surface area contributed by atoms with E-state index in [0.717, 1.165) is 23.5 Å². The first-order valence-electron chi connectivity index (χ1n) is 6.12. The van der Waals surface area contributed by atoms with E-state index in [1.807, 2.05) is 56.5 Å². The average molecular weight is 243 g/mol. The largest absolute Gasteiger partial charge is 0.371 e. The van der Waals surface area contributed by atoms with Crippen molar-refractivity contribution in [3.05, 3.63) is 60.5 Å². The maximum absolute atomic E-state index is 4.48. The zero-order chi connectivity index (χ0) is 13.2. The molecule has 3 heteroatoms. The van der Waals surface area contributed by atoms with Crippen LogP contribution in [0.2, 0.25) is 0 Å². The van der Waals surface area contributed by atoms with Gasteiger partial charge >= 0.3 is 0 Å². The Labute approximate surface area is 109 Å². The number of allylic oxidation sites excluding steroid dienone is 6. The third kappa shape index (κ3) is 4.55. The van der Waals surface area contributed by atoms with Crippen molar-refractivity contribution in [2.24, 2.45) is 4.99 Å². The van der Waals surface area contributed by atoms with Gasteiger partial charge in [-0.2, -0.15) is 0 Å². The number of nitrogens with zero attached hydrogens (tertiary/aromatic N) is 1. The van der Waals surface area contributed by atoms with Gasteiger partial charge in [0.2, 0.25) is 0 Å². The third-order valence-corrected chi connectivity index (χ3v) is 2.37. The summed E-state index contributed by atoms with van der Waals surface area (Å²) in [6.07, 6.45) is 13.9. The zero-order valence-electron chi connectivity index (χ0n) is 11.1. The van der Waals surface area contributed by atoms with Gasteiger partial charge in [-0.3, -0.25) is 10.3 Å². The van der Waals surface area contributed by atoms with E-state index in [1.54, 1.807) is 0 Å². The Morgan fingerprint density at radius 1 is 1.39 bits per heavy atom. The molecule has 0 aromatic carbocycles. The topological polar surface area (TPSA) is 36.4 Å². The van der Waals surface area contributed by atoms with Crippen LogP contribution in [-0.2, 0) is 0 Å². The minimum Gasteiger partial charge on any atom is -0.371 e. The molecule has 0 saturated heterocycles. The maximum atomic E-state index is 4.48. The Balaban J connectivity index is 3.08. The summed E-state index contributed by atoms with van der Waals surface area (Å²) in [4.78, 5) is 4.48. The van der Waals surface area contributed by atoms with Gasteiger partial charge in [0.15, 0.2) is 0 Å². The fourth-order valence-corrected chi connectivity index (χ4v) is 1.51. The highest BCUT2D eigenvalue weighted by Gasteiger charge is 2.08. The number of rotatable bonds is 3. The fraction of sp³-hybridized carbons (Fsp3) is 0.267. The van der Waals surface area contributed by atoms with Crippen LogP contribution in [-0.4, -0.2) is 18.9 Å². The maximum Gasteiger partial charge on any atom is 0.0927 e. The van der Waals surface area contributed by atoms with Crippen molar-refractivity contribution in [1.82, 2.24) is 10.6 Å². The third-order valence-electron chi connectivity index (χ3n) is 2.37. The summed E-state index contributed by atoms with van der Waals surface area (Å²) in [5, 5.41) is 6.42. The standard InChI is InChI=1S/C15H21N3/c1-4-6-9-14(8-5-2)15-13(3)18-12-16-10-7-11-17-15/h4-9,11,16,18H,3,10,12H2,1-2H3/b6-4-,8-5-,11-7-,14-9+,17-15-. The second-order valence-corrected chi connectivity index (χ2v) is 3.80. The smallest absolute Gasteiger partial charge is 0.0927 e. The molecule has 0 unspecified atom stereocenters. The summed E-state index contributed by atoms with van der Waals surface area (Å²) in [5.74, 6) is 0. The quantitative estimate of drug-likeness (QED) is 0.748. The second kappa shape index (κ2) is 8.25.